The minimum Gasteiger partial charge on any atom is -0.292 e. The van der Waals surface area contributed by atoms with Crippen molar-refractivity contribution in [1.29, 1.82) is 0 Å². The van der Waals surface area contributed by atoms with Gasteiger partial charge in [0, 0.05) is 16.3 Å². The number of fused-ring (bicyclic) bond motifs is 5. The van der Waals surface area contributed by atoms with Crippen LogP contribution in [-0.4, -0.2) is 14.5 Å². The van der Waals surface area contributed by atoms with Crippen molar-refractivity contribution in [3.05, 3.63) is 164 Å². The number of aromatic nitrogens is 3. The first-order valence-electron chi connectivity index (χ1n) is 16.8. The Kier molecular flexibility index (Phi) is 5.38. The van der Waals surface area contributed by atoms with Gasteiger partial charge >= 0.3 is 0 Å². The van der Waals surface area contributed by atoms with Crippen LogP contribution in [0.1, 0.15) is 0 Å². The molecule has 0 radical (unpaired) electrons. The zero-order valence-corrected chi connectivity index (χ0v) is 26.4. The molecule has 2 heterocycles. The molecule has 0 saturated heterocycles. The first-order valence-corrected chi connectivity index (χ1v) is 16.8. The maximum absolute atomic E-state index is 5.40. The molecule has 0 fully saturated rings. The second-order valence-electron chi connectivity index (χ2n) is 13.0. The zero-order chi connectivity index (χ0) is 32.1. The quantitative estimate of drug-likeness (QED) is 0.196. The van der Waals surface area contributed by atoms with Gasteiger partial charge in [-0.05, 0) is 85.3 Å². The lowest BCUT2D eigenvalue weighted by Gasteiger charge is -2.16. The number of hydrogen-bond acceptors (Lipinski definition) is 2. The molecular weight excluding hydrogens is 595 g/mol. The van der Waals surface area contributed by atoms with Gasteiger partial charge in [0.25, 0.3) is 0 Å². The smallest absolute Gasteiger partial charge is 0.165 e. The third-order valence-electron chi connectivity index (χ3n) is 10.3. The summed E-state index contributed by atoms with van der Waals surface area (Å²) in [6.45, 7) is 0. The number of rotatable bonds is 3. The number of para-hydroxylation sites is 2. The average molecular weight is 622 g/mol. The Balaban J connectivity index is 1.20. The lowest BCUT2D eigenvalue weighted by molar-refractivity contribution is 1.08. The molecule has 49 heavy (non-hydrogen) atoms. The molecule has 11 rings (SSSR count). The first kappa shape index (κ1) is 26.5. The van der Waals surface area contributed by atoms with Crippen LogP contribution < -0.4 is 0 Å². The maximum atomic E-state index is 5.40. The molecule has 3 heteroatoms. The monoisotopic (exact) mass is 621 g/mol. The molecule has 0 amide bonds. The molecule has 226 valence electrons. The standard InChI is InChI=1S/C46H27N3/c1-2-10-32-27-33(24-21-28(32)9-1)29-19-22-31(23-20-29)45-46(48-39-17-6-5-16-38(39)47-45)49-40-18-8-15-37-35-13-4-3-12-34(35)36-14-7-11-30-25-26-41(49)44(42(30)36)43(37)40/h1-27H. The SMILES string of the molecule is c1ccc2c(c1)-c1cccc3ccc4c(c13)c1c-2cccc1n4-c1nc2ccccc2nc1-c1ccc(-c2ccc3ccccc3c2)cc1. The summed E-state index contributed by atoms with van der Waals surface area (Å²) < 4.78 is 2.35. The van der Waals surface area contributed by atoms with Gasteiger partial charge in [-0.2, -0.15) is 0 Å². The zero-order valence-electron chi connectivity index (χ0n) is 26.4. The van der Waals surface area contributed by atoms with Crippen LogP contribution in [0.4, 0.5) is 0 Å². The van der Waals surface area contributed by atoms with Crippen LogP contribution in [0.5, 0.6) is 0 Å². The fraction of sp³-hybridized carbons (Fsp3) is 0. The van der Waals surface area contributed by atoms with Crippen molar-refractivity contribution in [2.24, 2.45) is 0 Å². The van der Waals surface area contributed by atoms with Crippen molar-refractivity contribution in [3.63, 3.8) is 0 Å². The highest BCUT2D eigenvalue weighted by molar-refractivity contribution is 6.30. The van der Waals surface area contributed by atoms with Crippen LogP contribution in [0, 0.1) is 0 Å². The highest BCUT2D eigenvalue weighted by Crippen LogP contribution is 2.49. The molecule has 3 nitrogen and oxygen atoms in total. The van der Waals surface area contributed by atoms with Crippen molar-refractivity contribution in [2.45, 2.75) is 0 Å². The van der Waals surface area contributed by atoms with Crippen LogP contribution in [0.3, 0.4) is 0 Å². The van der Waals surface area contributed by atoms with Crippen molar-refractivity contribution in [3.8, 4) is 50.5 Å². The molecule has 0 aliphatic heterocycles. The summed E-state index contributed by atoms with van der Waals surface area (Å²) in [5.41, 5.74) is 13.3. The summed E-state index contributed by atoms with van der Waals surface area (Å²) in [5.74, 6) is 0.833. The maximum Gasteiger partial charge on any atom is 0.165 e. The lowest BCUT2D eigenvalue weighted by Crippen LogP contribution is -2.04. The van der Waals surface area contributed by atoms with Crippen LogP contribution in [0.2, 0.25) is 0 Å². The van der Waals surface area contributed by atoms with E-state index in [1.165, 1.54) is 65.7 Å². The third-order valence-corrected chi connectivity index (χ3v) is 10.3. The minimum absolute atomic E-state index is 0.833. The van der Waals surface area contributed by atoms with Crippen LogP contribution in [0.15, 0.2) is 164 Å². The van der Waals surface area contributed by atoms with E-state index in [1.54, 1.807) is 0 Å². The molecule has 0 spiro atoms. The first-order chi connectivity index (χ1) is 24.3. The summed E-state index contributed by atoms with van der Waals surface area (Å²) in [4.78, 5) is 10.7. The Morgan fingerprint density at radius 1 is 0.347 bits per heavy atom. The van der Waals surface area contributed by atoms with E-state index in [0.717, 1.165) is 39.1 Å². The van der Waals surface area contributed by atoms with Gasteiger partial charge in [-0.25, -0.2) is 9.97 Å². The van der Waals surface area contributed by atoms with E-state index in [-0.39, 0.29) is 0 Å². The second-order valence-corrected chi connectivity index (χ2v) is 13.0. The summed E-state index contributed by atoms with van der Waals surface area (Å²) >= 11 is 0. The Labute approximate surface area is 282 Å². The molecule has 8 aromatic carbocycles. The molecule has 1 aliphatic carbocycles. The Bertz CT molecular complexity index is 2990. The van der Waals surface area contributed by atoms with Crippen molar-refractivity contribution < 1.29 is 0 Å². The normalized spacial score (nSPS) is 12.1. The lowest BCUT2D eigenvalue weighted by atomic mass is 9.93. The van der Waals surface area contributed by atoms with E-state index in [2.05, 4.69) is 156 Å². The Morgan fingerprint density at radius 3 is 1.73 bits per heavy atom. The van der Waals surface area contributed by atoms with E-state index in [1.807, 2.05) is 12.1 Å². The van der Waals surface area contributed by atoms with Crippen LogP contribution in [-0.2, 0) is 0 Å². The highest BCUT2D eigenvalue weighted by atomic mass is 15.1. The topological polar surface area (TPSA) is 30.7 Å². The van der Waals surface area contributed by atoms with E-state index in [0.29, 0.717) is 0 Å². The van der Waals surface area contributed by atoms with Crippen molar-refractivity contribution >= 4 is 54.4 Å². The second kappa shape index (κ2) is 9.96. The summed E-state index contributed by atoms with van der Waals surface area (Å²) in [6, 6.07) is 58.9. The van der Waals surface area contributed by atoms with Gasteiger partial charge in [0.2, 0.25) is 0 Å². The number of nitrogens with zero attached hydrogens (tertiary/aromatic N) is 3. The molecular formula is C46H27N3. The molecule has 2 aromatic heterocycles. The van der Waals surface area contributed by atoms with Gasteiger partial charge in [-0.15, -0.1) is 0 Å². The third kappa shape index (κ3) is 3.78. The minimum atomic E-state index is 0.833. The Hall–Kier alpha value is -6.58. The number of hydrogen-bond donors (Lipinski definition) is 0. The van der Waals surface area contributed by atoms with E-state index < -0.39 is 0 Å². The van der Waals surface area contributed by atoms with Gasteiger partial charge in [-0.3, -0.25) is 4.57 Å². The van der Waals surface area contributed by atoms with Crippen LogP contribution in [0.25, 0.3) is 105 Å². The summed E-state index contributed by atoms with van der Waals surface area (Å²) in [5, 5.41) is 7.54. The molecule has 0 N–H and O–H groups in total. The summed E-state index contributed by atoms with van der Waals surface area (Å²) in [7, 11) is 0. The molecule has 0 atom stereocenters. The average Bonchev–Trinajstić information content (AvgIpc) is 3.45. The molecule has 1 aliphatic rings. The Morgan fingerprint density at radius 2 is 0.918 bits per heavy atom. The summed E-state index contributed by atoms with van der Waals surface area (Å²) in [6.07, 6.45) is 0. The number of benzene rings is 8. The van der Waals surface area contributed by atoms with Crippen molar-refractivity contribution in [1.82, 2.24) is 14.5 Å². The molecule has 10 aromatic rings. The van der Waals surface area contributed by atoms with Gasteiger partial charge in [0.1, 0.15) is 5.69 Å². The predicted octanol–water partition coefficient (Wildman–Crippen LogP) is 12.0. The van der Waals surface area contributed by atoms with Gasteiger partial charge in [0.15, 0.2) is 5.82 Å². The van der Waals surface area contributed by atoms with Gasteiger partial charge in [-0.1, -0.05) is 133 Å². The highest BCUT2D eigenvalue weighted by Gasteiger charge is 2.26. The van der Waals surface area contributed by atoms with Gasteiger partial charge < -0.3 is 0 Å². The molecule has 0 bridgehead atoms. The van der Waals surface area contributed by atoms with E-state index >= 15 is 0 Å². The van der Waals surface area contributed by atoms with E-state index in [9.17, 15) is 0 Å². The van der Waals surface area contributed by atoms with Crippen LogP contribution >= 0.6 is 0 Å². The fourth-order valence-corrected chi connectivity index (χ4v) is 8.09. The molecule has 0 unspecified atom stereocenters. The van der Waals surface area contributed by atoms with Gasteiger partial charge in [0.05, 0.1) is 22.1 Å². The van der Waals surface area contributed by atoms with E-state index in [4.69, 9.17) is 9.97 Å². The molecule has 0 saturated carbocycles. The van der Waals surface area contributed by atoms with Crippen molar-refractivity contribution in [2.75, 3.05) is 0 Å². The fourth-order valence-electron chi connectivity index (χ4n) is 8.09. The largest absolute Gasteiger partial charge is 0.292 e. The predicted molar refractivity (Wildman–Crippen MR) is 204 cm³/mol.